The van der Waals surface area contributed by atoms with Crippen LogP contribution in [0.15, 0.2) is 72.8 Å². The van der Waals surface area contributed by atoms with E-state index in [0.29, 0.717) is 0 Å². The first-order valence-corrected chi connectivity index (χ1v) is 6.87. The summed E-state index contributed by atoms with van der Waals surface area (Å²) < 4.78 is 0. The highest BCUT2D eigenvalue weighted by molar-refractivity contribution is 5.59. The summed E-state index contributed by atoms with van der Waals surface area (Å²) >= 11 is 0. The Morgan fingerprint density at radius 3 is 2.15 bits per heavy atom. The molecule has 2 heteroatoms. The van der Waals surface area contributed by atoms with Gasteiger partial charge >= 0.3 is 0 Å². The zero-order chi connectivity index (χ0) is 13.8. The van der Waals surface area contributed by atoms with E-state index in [1.807, 2.05) is 36.4 Å². The number of hydrogen-bond acceptors (Lipinski definition) is 1. The van der Waals surface area contributed by atoms with Crippen molar-refractivity contribution in [2.75, 3.05) is 0 Å². The maximum atomic E-state index is 6.29. The lowest BCUT2D eigenvalue weighted by atomic mass is 10.0. The zero-order valence-electron chi connectivity index (χ0n) is 11.3. The quantitative estimate of drug-likeness (QED) is 0.735. The van der Waals surface area contributed by atoms with Crippen molar-refractivity contribution in [3.63, 3.8) is 0 Å². The van der Waals surface area contributed by atoms with Crippen LogP contribution in [0.4, 0.5) is 0 Å². The van der Waals surface area contributed by atoms with Crippen molar-refractivity contribution in [1.82, 2.24) is 4.98 Å². The van der Waals surface area contributed by atoms with Crippen molar-refractivity contribution < 1.29 is 0 Å². The molecule has 1 aromatic heterocycles. The third kappa shape index (κ3) is 2.81. The van der Waals surface area contributed by atoms with Crippen LogP contribution in [-0.4, -0.2) is 4.98 Å². The van der Waals surface area contributed by atoms with Crippen LogP contribution in [0, 0.1) is 0 Å². The molecule has 0 aliphatic carbocycles. The fourth-order valence-corrected chi connectivity index (χ4v) is 2.39. The smallest absolute Gasteiger partial charge is 0.0488 e. The van der Waals surface area contributed by atoms with Crippen molar-refractivity contribution in [2.45, 2.75) is 12.5 Å². The second kappa shape index (κ2) is 5.76. The second-order valence-electron chi connectivity index (χ2n) is 4.99. The van der Waals surface area contributed by atoms with Gasteiger partial charge in [0.15, 0.2) is 0 Å². The maximum Gasteiger partial charge on any atom is 0.0488 e. The van der Waals surface area contributed by atoms with E-state index in [2.05, 4.69) is 41.4 Å². The summed E-state index contributed by atoms with van der Waals surface area (Å²) in [4.78, 5) is 3.42. The Balaban J connectivity index is 1.77. The lowest BCUT2D eigenvalue weighted by Gasteiger charge is -2.10. The largest absolute Gasteiger partial charge is 0.357 e. The number of hydrogen-bond donors (Lipinski definition) is 2. The molecule has 100 valence electrons. The van der Waals surface area contributed by atoms with Gasteiger partial charge in [-0.15, -0.1) is 0 Å². The van der Waals surface area contributed by atoms with E-state index in [-0.39, 0.29) is 6.04 Å². The molecule has 0 saturated heterocycles. The van der Waals surface area contributed by atoms with Crippen LogP contribution in [0.2, 0.25) is 0 Å². The Labute approximate surface area is 119 Å². The highest BCUT2D eigenvalue weighted by atomic mass is 14.8. The van der Waals surface area contributed by atoms with Crippen LogP contribution in [0.1, 0.15) is 17.3 Å². The van der Waals surface area contributed by atoms with Gasteiger partial charge in [-0.2, -0.15) is 0 Å². The minimum Gasteiger partial charge on any atom is -0.357 e. The summed E-state index contributed by atoms with van der Waals surface area (Å²) in [6, 6.07) is 24.8. The summed E-state index contributed by atoms with van der Waals surface area (Å²) in [7, 11) is 0. The molecule has 20 heavy (non-hydrogen) atoms. The van der Waals surface area contributed by atoms with Gasteiger partial charge in [0.25, 0.3) is 0 Å². The number of benzene rings is 2. The molecule has 0 aliphatic heterocycles. The standard InChI is InChI=1S/C18H18N2/c19-16(13-14-7-3-1-4-8-14)18-12-11-17(20-18)15-9-5-2-6-10-15/h1-12,16,20H,13,19H2/t16-/m0/s1. The second-order valence-corrected chi connectivity index (χ2v) is 4.99. The van der Waals surface area contributed by atoms with Gasteiger partial charge in [-0.3, -0.25) is 0 Å². The van der Waals surface area contributed by atoms with Crippen molar-refractivity contribution in [3.8, 4) is 11.3 Å². The zero-order valence-corrected chi connectivity index (χ0v) is 11.3. The minimum atomic E-state index is -0.00476. The molecule has 0 radical (unpaired) electrons. The summed E-state index contributed by atoms with van der Waals surface area (Å²) in [6.07, 6.45) is 0.843. The van der Waals surface area contributed by atoms with Gasteiger partial charge in [-0.25, -0.2) is 0 Å². The van der Waals surface area contributed by atoms with E-state index in [0.717, 1.165) is 17.8 Å². The van der Waals surface area contributed by atoms with E-state index in [4.69, 9.17) is 5.73 Å². The van der Waals surface area contributed by atoms with Crippen molar-refractivity contribution in [2.24, 2.45) is 5.73 Å². The minimum absolute atomic E-state index is 0.00476. The van der Waals surface area contributed by atoms with Crippen LogP contribution in [0.3, 0.4) is 0 Å². The summed E-state index contributed by atoms with van der Waals surface area (Å²) in [5.74, 6) is 0. The van der Waals surface area contributed by atoms with Crippen molar-refractivity contribution >= 4 is 0 Å². The predicted molar refractivity (Wildman–Crippen MR) is 83.3 cm³/mol. The van der Waals surface area contributed by atoms with Gasteiger partial charge in [-0.05, 0) is 29.7 Å². The van der Waals surface area contributed by atoms with Crippen LogP contribution in [-0.2, 0) is 6.42 Å². The average Bonchev–Trinajstić information content (AvgIpc) is 2.99. The Morgan fingerprint density at radius 2 is 1.45 bits per heavy atom. The van der Waals surface area contributed by atoms with Crippen molar-refractivity contribution in [1.29, 1.82) is 0 Å². The lowest BCUT2D eigenvalue weighted by Crippen LogP contribution is -2.13. The molecule has 2 aromatic carbocycles. The van der Waals surface area contributed by atoms with Crippen molar-refractivity contribution in [3.05, 3.63) is 84.1 Å². The molecule has 0 bridgehead atoms. The fourth-order valence-electron chi connectivity index (χ4n) is 2.39. The average molecular weight is 262 g/mol. The molecule has 0 unspecified atom stereocenters. The SMILES string of the molecule is N[C@@H](Cc1ccccc1)c1ccc(-c2ccccc2)[nH]1. The van der Waals surface area contributed by atoms with Crippen LogP contribution in [0.5, 0.6) is 0 Å². The molecular formula is C18H18N2. The number of aromatic nitrogens is 1. The highest BCUT2D eigenvalue weighted by Crippen LogP contribution is 2.22. The van der Waals surface area contributed by atoms with Gasteiger partial charge < -0.3 is 10.7 Å². The summed E-state index contributed by atoms with van der Waals surface area (Å²) in [5, 5.41) is 0. The van der Waals surface area contributed by atoms with E-state index in [9.17, 15) is 0 Å². The normalized spacial score (nSPS) is 12.2. The van der Waals surface area contributed by atoms with Gasteiger partial charge in [0, 0.05) is 17.4 Å². The van der Waals surface area contributed by atoms with E-state index >= 15 is 0 Å². The summed E-state index contributed by atoms with van der Waals surface area (Å²) in [5.41, 5.74) is 10.9. The number of H-pyrrole nitrogens is 1. The Kier molecular flexibility index (Phi) is 3.66. The van der Waals surface area contributed by atoms with Crippen LogP contribution < -0.4 is 5.73 Å². The van der Waals surface area contributed by atoms with E-state index < -0.39 is 0 Å². The number of aromatic amines is 1. The molecular weight excluding hydrogens is 244 g/mol. The molecule has 0 saturated carbocycles. The molecule has 0 spiro atoms. The number of nitrogens with two attached hydrogens (primary N) is 1. The first-order chi connectivity index (χ1) is 9.83. The number of nitrogens with one attached hydrogen (secondary N) is 1. The van der Waals surface area contributed by atoms with Gasteiger partial charge in [0.1, 0.15) is 0 Å². The van der Waals surface area contributed by atoms with E-state index in [1.165, 1.54) is 11.1 Å². The molecule has 2 nitrogen and oxygen atoms in total. The van der Waals surface area contributed by atoms with Gasteiger partial charge in [0.2, 0.25) is 0 Å². The molecule has 3 aromatic rings. The third-order valence-electron chi connectivity index (χ3n) is 3.49. The third-order valence-corrected chi connectivity index (χ3v) is 3.49. The molecule has 0 fully saturated rings. The maximum absolute atomic E-state index is 6.29. The van der Waals surface area contributed by atoms with Gasteiger partial charge in [0.05, 0.1) is 0 Å². The van der Waals surface area contributed by atoms with E-state index in [1.54, 1.807) is 0 Å². The summed E-state index contributed by atoms with van der Waals surface area (Å²) in [6.45, 7) is 0. The molecule has 1 heterocycles. The van der Waals surface area contributed by atoms with Gasteiger partial charge in [-0.1, -0.05) is 60.7 Å². The molecule has 3 N–H and O–H groups in total. The number of rotatable bonds is 4. The molecule has 1 atom stereocenters. The first-order valence-electron chi connectivity index (χ1n) is 6.87. The van der Waals surface area contributed by atoms with Crippen LogP contribution >= 0.6 is 0 Å². The van der Waals surface area contributed by atoms with Crippen LogP contribution in [0.25, 0.3) is 11.3 Å². The molecule has 0 aliphatic rings. The highest BCUT2D eigenvalue weighted by Gasteiger charge is 2.10. The predicted octanol–water partition coefficient (Wildman–Crippen LogP) is 3.92. The first kappa shape index (κ1) is 12.7. The molecule has 0 amide bonds. The Bertz CT molecular complexity index is 656. The monoisotopic (exact) mass is 262 g/mol. The Morgan fingerprint density at radius 1 is 0.800 bits per heavy atom. The molecule has 3 rings (SSSR count). The topological polar surface area (TPSA) is 41.8 Å². The lowest BCUT2D eigenvalue weighted by molar-refractivity contribution is 0.702. The fraction of sp³-hybridized carbons (Fsp3) is 0.111. The Hall–Kier alpha value is -2.32.